The normalized spacial score (nSPS) is 9.88. The zero-order valence-corrected chi connectivity index (χ0v) is 10.3. The second kappa shape index (κ2) is 5.99. The van der Waals surface area contributed by atoms with E-state index in [0.717, 1.165) is 12.0 Å². The van der Waals surface area contributed by atoms with Crippen LogP contribution in [0.4, 0.5) is 4.39 Å². The molecule has 2 N–H and O–H groups in total. The molecule has 0 unspecified atom stereocenters. The van der Waals surface area contributed by atoms with Gasteiger partial charge in [0.15, 0.2) is 0 Å². The first-order chi connectivity index (χ1) is 7.29. The molecule has 1 nitrogen and oxygen atoms in total. The molecule has 86 valence electrons. The van der Waals surface area contributed by atoms with Crippen molar-refractivity contribution in [2.24, 2.45) is 5.73 Å². The molecule has 0 bridgehead atoms. The van der Waals surface area contributed by atoms with E-state index in [2.05, 4.69) is 6.07 Å². The first kappa shape index (κ1) is 13.2. The smallest absolute Gasteiger partial charge is 0.123 e. The Morgan fingerprint density at radius 2 is 2.06 bits per heavy atom. The highest BCUT2D eigenvalue weighted by Gasteiger charge is 2.04. The highest BCUT2D eigenvalue weighted by molar-refractivity contribution is 7.10. The molecule has 1 aromatic heterocycles. The van der Waals surface area contributed by atoms with Crippen molar-refractivity contribution >= 4 is 23.7 Å². The van der Waals surface area contributed by atoms with Crippen molar-refractivity contribution < 1.29 is 4.39 Å². The molecule has 0 saturated heterocycles. The SMILES string of the molecule is Cl.NCc1sccc1Cc1cccc(F)c1. The quantitative estimate of drug-likeness (QED) is 0.897. The summed E-state index contributed by atoms with van der Waals surface area (Å²) in [4.78, 5) is 1.18. The van der Waals surface area contributed by atoms with Gasteiger partial charge in [0, 0.05) is 11.4 Å². The van der Waals surface area contributed by atoms with Crippen molar-refractivity contribution in [2.45, 2.75) is 13.0 Å². The average Bonchev–Trinajstić information content (AvgIpc) is 2.65. The van der Waals surface area contributed by atoms with Crippen LogP contribution in [0.2, 0.25) is 0 Å². The molecule has 0 atom stereocenters. The van der Waals surface area contributed by atoms with Gasteiger partial charge in [-0.3, -0.25) is 0 Å². The Labute approximate surface area is 105 Å². The number of nitrogens with two attached hydrogens (primary N) is 1. The van der Waals surface area contributed by atoms with Crippen molar-refractivity contribution in [3.8, 4) is 0 Å². The predicted molar refractivity (Wildman–Crippen MR) is 68.7 cm³/mol. The van der Waals surface area contributed by atoms with Crippen molar-refractivity contribution in [3.05, 3.63) is 57.5 Å². The third-order valence-electron chi connectivity index (χ3n) is 2.31. The predicted octanol–water partition coefficient (Wildman–Crippen LogP) is 3.36. The van der Waals surface area contributed by atoms with Crippen LogP contribution in [-0.4, -0.2) is 0 Å². The zero-order chi connectivity index (χ0) is 10.7. The van der Waals surface area contributed by atoms with Crippen LogP contribution in [0, 0.1) is 5.82 Å². The van der Waals surface area contributed by atoms with E-state index in [4.69, 9.17) is 5.73 Å². The minimum atomic E-state index is -0.183. The molecular weight excluding hydrogens is 245 g/mol. The van der Waals surface area contributed by atoms with Gasteiger partial charge in [0.2, 0.25) is 0 Å². The van der Waals surface area contributed by atoms with E-state index >= 15 is 0 Å². The number of thiophene rings is 1. The van der Waals surface area contributed by atoms with Gasteiger partial charge in [-0.1, -0.05) is 12.1 Å². The van der Waals surface area contributed by atoms with Crippen molar-refractivity contribution in [1.82, 2.24) is 0 Å². The number of hydrogen-bond acceptors (Lipinski definition) is 2. The average molecular weight is 258 g/mol. The molecule has 0 radical (unpaired) electrons. The van der Waals surface area contributed by atoms with Crippen LogP contribution in [0.25, 0.3) is 0 Å². The number of rotatable bonds is 3. The van der Waals surface area contributed by atoms with E-state index in [1.54, 1.807) is 23.5 Å². The Morgan fingerprint density at radius 1 is 1.25 bits per heavy atom. The van der Waals surface area contributed by atoms with Gasteiger partial charge in [0.1, 0.15) is 5.82 Å². The van der Waals surface area contributed by atoms with Crippen molar-refractivity contribution in [3.63, 3.8) is 0 Å². The molecule has 1 heterocycles. The maximum Gasteiger partial charge on any atom is 0.123 e. The monoisotopic (exact) mass is 257 g/mol. The molecule has 0 saturated carbocycles. The van der Waals surface area contributed by atoms with Crippen LogP contribution >= 0.6 is 23.7 Å². The number of halogens is 2. The first-order valence-corrected chi connectivity index (χ1v) is 5.67. The van der Waals surface area contributed by atoms with Crippen molar-refractivity contribution in [1.29, 1.82) is 0 Å². The fraction of sp³-hybridized carbons (Fsp3) is 0.167. The molecule has 0 aliphatic heterocycles. The largest absolute Gasteiger partial charge is 0.326 e. The Bertz CT molecular complexity index is 456. The van der Waals surface area contributed by atoms with E-state index in [0.29, 0.717) is 6.54 Å². The summed E-state index contributed by atoms with van der Waals surface area (Å²) in [6.07, 6.45) is 0.758. The molecule has 4 heteroatoms. The fourth-order valence-corrected chi connectivity index (χ4v) is 2.35. The van der Waals surface area contributed by atoms with Gasteiger partial charge in [-0.2, -0.15) is 0 Å². The van der Waals surface area contributed by atoms with Gasteiger partial charge in [-0.15, -0.1) is 23.7 Å². The fourth-order valence-electron chi connectivity index (χ4n) is 1.57. The summed E-state index contributed by atoms with van der Waals surface area (Å²) >= 11 is 1.65. The lowest BCUT2D eigenvalue weighted by Crippen LogP contribution is -1.98. The topological polar surface area (TPSA) is 26.0 Å². The lowest BCUT2D eigenvalue weighted by Gasteiger charge is -2.02. The molecule has 0 spiro atoms. The van der Waals surface area contributed by atoms with Gasteiger partial charge in [-0.05, 0) is 41.1 Å². The summed E-state index contributed by atoms with van der Waals surface area (Å²) in [5, 5.41) is 2.02. The van der Waals surface area contributed by atoms with E-state index in [9.17, 15) is 4.39 Å². The Balaban J connectivity index is 0.00000128. The van der Waals surface area contributed by atoms with Gasteiger partial charge in [0.05, 0.1) is 0 Å². The van der Waals surface area contributed by atoms with E-state index in [1.165, 1.54) is 16.5 Å². The van der Waals surface area contributed by atoms with Crippen LogP contribution in [0.3, 0.4) is 0 Å². The number of hydrogen-bond donors (Lipinski definition) is 1. The standard InChI is InChI=1S/C12H12FNS.ClH/c13-11-3-1-2-9(7-11)6-10-4-5-15-12(10)8-14;/h1-5,7H,6,8,14H2;1H. The van der Waals surface area contributed by atoms with Crippen LogP contribution in [0.1, 0.15) is 16.0 Å². The van der Waals surface area contributed by atoms with Gasteiger partial charge >= 0.3 is 0 Å². The van der Waals surface area contributed by atoms with E-state index in [-0.39, 0.29) is 18.2 Å². The van der Waals surface area contributed by atoms with Crippen LogP contribution in [0.15, 0.2) is 35.7 Å². The maximum absolute atomic E-state index is 13.0. The molecule has 0 aliphatic carbocycles. The zero-order valence-electron chi connectivity index (χ0n) is 8.65. The summed E-state index contributed by atoms with van der Waals surface area (Å²) in [7, 11) is 0. The lowest BCUT2D eigenvalue weighted by atomic mass is 10.1. The summed E-state index contributed by atoms with van der Waals surface area (Å²) in [6, 6.07) is 8.75. The minimum Gasteiger partial charge on any atom is -0.326 e. The van der Waals surface area contributed by atoms with Crippen LogP contribution in [0.5, 0.6) is 0 Å². The number of benzene rings is 1. The summed E-state index contributed by atoms with van der Waals surface area (Å²) < 4.78 is 13.0. The summed E-state index contributed by atoms with van der Waals surface area (Å²) in [5.41, 5.74) is 7.81. The molecule has 0 fully saturated rings. The first-order valence-electron chi connectivity index (χ1n) is 4.79. The third kappa shape index (κ3) is 3.04. The van der Waals surface area contributed by atoms with Crippen LogP contribution < -0.4 is 5.73 Å². The summed E-state index contributed by atoms with van der Waals surface area (Å²) in [5.74, 6) is -0.183. The maximum atomic E-state index is 13.0. The summed E-state index contributed by atoms with van der Waals surface area (Å²) in [6.45, 7) is 0.558. The molecule has 0 amide bonds. The van der Waals surface area contributed by atoms with E-state index < -0.39 is 0 Å². The van der Waals surface area contributed by atoms with Gasteiger partial charge < -0.3 is 5.73 Å². The van der Waals surface area contributed by atoms with Crippen LogP contribution in [-0.2, 0) is 13.0 Å². The van der Waals surface area contributed by atoms with Gasteiger partial charge in [-0.25, -0.2) is 4.39 Å². The Morgan fingerprint density at radius 3 is 2.75 bits per heavy atom. The molecule has 2 aromatic rings. The molecular formula is C12H13ClFNS. The van der Waals surface area contributed by atoms with Crippen molar-refractivity contribution in [2.75, 3.05) is 0 Å². The third-order valence-corrected chi connectivity index (χ3v) is 3.29. The van der Waals surface area contributed by atoms with E-state index in [1.807, 2.05) is 11.4 Å². The highest BCUT2D eigenvalue weighted by Crippen LogP contribution is 2.19. The molecule has 0 aliphatic rings. The Kier molecular flexibility index (Phi) is 4.93. The molecule has 1 aromatic carbocycles. The molecule has 2 rings (SSSR count). The lowest BCUT2D eigenvalue weighted by molar-refractivity contribution is 0.626. The Hall–Kier alpha value is -0.900. The highest BCUT2D eigenvalue weighted by atomic mass is 35.5. The minimum absolute atomic E-state index is 0. The van der Waals surface area contributed by atoms with Gasteiger partial charge in [0.25, 0.3) is 0 Å². The second-order valence-corrected chi connectivity index (χ2v) is 4.38. The molecule has 16 heavy (non-hydrogen) atoms. The second-order valence-electron chi connectivity index (χ2n) is 3.38.